The van der Waals surface area contributed by atoms with Gasteiger partial charge in [0.1, 0.15) is 0 Å². The molecule has 1 rings (SSSR count). The molecule has 0 aliphatic rings. The van der Waals surface area contributed by atoms with Gasteiger partial charge in [-0.2, -0.15) is 16.1 Å². The van der Waals surface area contributed by atoms with Crippen molar-refractivity contribution in [3.8, 4) is 5.75 Å². The average Bonchev–Trinajstić information content (AvgIpc) is 2.66. The fraction of sp³-hybridized carbons (Fsp3) is 0.700. The number of ether oxygens (including phenoxy) is 1. The van der Waals surface area contributed by atoms with Crippen LogP contribution in [0.5, 0.6) is 5.75 Å². The molecule has 0 bridgehead atoms. The predicted octanol–water partition coefficient (Wildman–Crippen LogP) is 2.31. The van der Waals surface area contributed by atoms with Crippen LogP contribution in [0.15, 0.2) is 0 Å². The Balaban J connectivity index is 2.74. The Morgan fingerprint density at radius 3 is 2.88 bits per heavy atom. The summed E-state index contributed by atoms with van der Waals surface area (Å²) in [6.45, 7) is 2.20. The summed E-state index contributed by atoms with van der Waals surface area (Å²) in [7, 11) is 3.68. The van der Waals surface area contributed by atoms with Crippen LogP contribution >= 0.6 is 23.3 Å². The Hall–Kier alpha value is -0.620. The topological polar surface area (TPSA) is 51.4 Å². The molecule has 0 aliphatic carbocycles. The van der Waals surface area contributed by atoms with E-state index in [2.05, 4.69) is 29.5 Å². The Labute approximate surface area is 105 Å². The number of hydrogen-bond donors (Lipinski definition) is 1. The first-order valence-corrected chi connectivity index (χ1v) is 7.29. The van der Waals surface area contributed by atoms with Crippen molar-refractivity contribution in [1.29, 1.82) is 0 Å². The number of anilines is 2. The van der Waals surface area contributed by atoms with E-state index < -0.39 is 0 Å². The molecule has 0 aliphatic heterocycles. The summed E-state index contributed by atoms with van der Waals surface area (Å²) in [6.07, 6.45) is 3.26. The highest BCUT2D eigenvalue weighted by Gasteiger charge is 2.19. The second kappa shape index (κ2) is 6.20. The first kappa shape index (κ1) is 13.4. The molecule has 0 radical (unpaired) electrons. The summed E-state index contributed by atoms with van der Waals surface area (Å²) >= 11 is 3.25. The van der Waals surface area contributed by atoms with Crippen LogP contribution in [0.4, 0.5) is 10.8 Å². The Morgan fingerprint density at radius 2 is 2.31 bits per heavy atom. The molecule has 0 saturated carbocycles. The normalized spacial score (nSPS) is 12.5. The molecular formula is C10H19N3OS2. The van der Waals surface area contributed by atoms with Gasteiger partial charge in [0.25, 0.3) is 0 Å². The van der Waals surface area contributed by atoms with Gasteiger partial charge in [-0.3, -0.25) is 0 Å². The van der Waals surface area contributed by atoms with Crippen molar-refractivity contribution in [3.05, 3.63) is 0 Å². The van der Waals surface area contributed by atoms with Gasteiger partial charge in [0, 0.05) is 13.1 Å². The van der Waals surface area contributed by atoms with Crippen LogP contribution in [0.25, 0.3) is 0 Å². The minimum atomic E-state index is 0.459. The van der Waals surface area contributed by atoms with Crippen LogP contribution in [0, 0.1) is 0 Å². The zero-order valence-corrected chi connectivity index (χ0v) is 11.8. The Bertz CT molecular complexity index is 330. The van der Waals surface area contributed by atoms with Gasteiger partial charge >= 0.3 is 0 Å². The molecule has 0 saturated heterocycles. The summed E-state index contributed by atoms with van der Waals surface area (Å²) in [4.78, 5) is 2.18. The molecule has 16 heavy (non-hydrogen) atoms. The molecular weight excluding hydrogens is 242 g/mol. The first-order valence-electron chi connectivity index (χ1n) is 5.12. The molecule has 0 aromatic carbocycles. The highest BCUT2D eigenvalue weighted by Crippen LogP contribution is 2.38. The maximum atomic E-state index is 5.73. The lowest BCUT2D eigenvalue weighted by Crippen LogP contribution is -2.28. The molecule has 1 atom stereocenters. The van der Waals surface area contributed by atoms with E-state index in [1.807, 2.05) is 11.8 Å². The van der Waals surface area contributed by atoms with E-state index in [1.54, 1.807) is 7.11 Å². The van der Waals surface area contributed by atoms with E-state index in [0.29, 0.717) is 17.6 Å². The van der Waals surface area contributed by atoms with E-state index >= 15 is 0 Å². The van der Waals surface area contributed by atoms with Crippen molar-refractivity contribution < 1.29 is 4.74 Å². The quantitative estimate of drug-likeness (QED) is 0.851. The molecule has 4 nitrogen and oxygen atoms in total. The number of aromatic nitrogens is 1. The number of rotatable bonds is 6. The number of nitrogens with two attached hydrogens (primary N) is 1. The lowest BCUT2D eigenvalue weighted by molar-refractivity contribution is 0.417. The molecule has 2 N–H and O–H groups in total. The molecule has 1 unspecified atom stereocenters. The number of nitrogens with zero attached hydrogens (tertiary/aromatic N) is 2. The van der Waals surface area contributed by atoms with E-state index in [9.17, 15) is 0 Å². The van der Waals surface area contributed by atoms with Gasteiger partial charge < -0.3 is 15.4 Å². The van der Waals surface area contributed by atoms with Gasteiger partial charge in [-0.25, -0.2) is 0 Å². The summed E-state index contributed by atoms with van der Waals surface area (Å²) in [5.74, 6) is 2.33. The second-order valence-electron chi connectivity index (χ2n) is 3.65. The molecule has 0 fully saturated rings. The van der Waals surface area contributed by atoms with Crippen molar-refractivity contribution in [3.63, 3.8) is 0 Å². The Morgan fingerprint density at radius 1 is 1.62 bits per heavy atom. The number of thioether (sulfide) groups is 1. The average molecular weight is 261 g/mol. The van der Waals surface area contributed by atoms with E-state index in [0.717, 1.165) is 17.2 Å². The lowest BCUT2D eigenvalue weighted by Gasteiger charge is -2.25. The van der Waals surface area contributed by atoms with E-state index in [4.69, 9.17) is 10.5 Å². The van der Waals surface area contributed by atoms with Crippen LogP contribution < -0.4 is 15.4 Å². The van der Waals surface area contributed by atoms with Crippen LogP contribution in [-0.4, -0.2) is 36.6 Å². The lowest BCUT2D eigenvalue weighted by atomic mass is 10.2. The standard InChI is InChI=1S/C10H19N3OS2/c1-7(5-6-15-4)13(2)10-8(14-3)9(11)12-16-10/h7H,5-6H2,1-4H3,(H2,11,12). The molecule has 0 spiro atoms. The molecule has 1 heterocycles. The fourth-order valence-electron chi connectivity index (χ4n) is 1.38. The van der Waals surface area contributed by atoms with Gasteiger partial charge in [-0.15, -0.1) is 0 Å². The Kier molecular flexibility index (Phi) is 5.21. The van der Waals surface area contributed by atoms with Crippen LogP contribution in [0.2, 0.25) is 0 Å². The first-order chi connectivity index (χ1) is 7.61. The largest absolute Gasteiger partial charge is 0.490 e. The molecule has 1 aromatic heterocycles. The van der Waals surface area contributed by atoms with Gasteiger partial charge in [-0.1, -0.05) is 0 Å². The third-order valence-electron chi connectivity index (χ3n) is 2.58. The zero-order valence-electron chi connectivity index (χ0n) is 10.2. The van der Waals surface area contributed by atoms with Gasteiger partial charge in [0.05, 0.1) is 7.11 Å². The van der Waals surface area contributed by atoms with Crippen molar-refractivity contribution in [1.82, 2.24) is 4.37 Å². The van der Waals surface area contributed by atoms with Crippen molar-refractivity contribution in [2.24, 2.45) is 0 Å². The summed E-state index contributed by atoms with van der Waals surface area (Å²) < 4.78 is 9.39. The third kappa shape index (κ3) is 2.95. The molecule has 6 heteroatoms. The number of nitrogen functional groups attached to an aromatic ring is 1. The molecule has 92 valence electrons. The minimum absolute atomic E-state index is 0.459. The van der Waals surface area contributed by atoms with Gasteiger partial charge in [0.15, 0.2) is 16.6 Å². The summed E-state index contributed by atoms with van der Waals surface area (Å²) in [5, 5.41) is 1.01. The van der Waals surface area contributed by atoms with Crippen molar-refractivity contribution >= 4 is 34.1 Å². The van der Waals surface area contributed by atoms with Crippen molar-refractivity contribution in [2.45, 2.75) is 19.4 Å². The van der Waals surface area contributed by atoms with E-state index in [1.165, 1.54) is 11.5 Å². The summed E-state index contributed by atoms with van der Waals surface area (Å²) in [5.41, 5.74) is 5.73. The van der Waals surface area contributed by atoms with Crippen LogP contribution in [0.1, 0.15) is 13.3 Å². The maximum absolute atomic E-state index is 5.73. The molecule has 0 amide bonds. The van der Waals surface area contributed by atoms with Crippen LogP contribution in [0.3, 0.4) is 0 Å². The smallest absolute Gasteiger partial charge is 0.197 e. The van der Waals surface area contributed by atoms with Crippen LogP contribution in [-0.2, 0) is 0 Å². The fourth-order valence-corrected chi connectivity index (χ4v) is 2.81. The minimum Gasteiger partial charge on any atom is -0.490 e. The maximum Gasteiger partial charge on any atom is 0.197 e. The van der Waals surface area contributed by atoms with Crippen molar-refractivity contribution in [2.75, 3.05) is 36.8 Å². The number of methoxy groups -OCH3 is 1. The van der Waals surface area contributed by atoms with E-state index in [-0.39, 0.29) is 0 Å². The number of hydrogen-bond acceptors (Lipinski definition) is 6. The van der Waals surface area contributed by atoms with Gasteiger partial charge in [-0.05, 0) is 36.9 Å². The predicted molar refractivity (Wildman–Crippen MR) is 73.9 cm³/mol. The summed E-state index contributed by atoms with van der Waals surface area (Å²) in [6, 6.07) is 0.459. The molecule has 1 aromatic rings. The highest BCUT2D eigenvalue weighted by atomic mass is 32.2. The third-order valence-corrected chi connectivity index (χ3v) is 4.16. The monoisotopic (exact) mass is 261 g/mol. The highest BCUT2D eigenvalue weighted by molar-refractivity contribution is 7.98. The van der Waals surface area contributed by atoms with Gasteiger partial charge in [0.2, 0.25) is 0 Å². The second-order valence-corrected chi connectivity index (χ2v) is 5.39. The SMILES string of the molecule is COc1c(N)nsc1N(C)C(C)CCSC. The zero-order chi connectivity index (χ0) is 12.1.